The van der Waals surface area contributed by atoms with Crippen molar-refractivity contribution in [3.8, 4) is 0 Å². The van der Waals surface area contributed by atoms with Crippen molar-refractivity contribution in [1.82, 2.24) is 5.32 Å². The average molecular weight is 174 g/mol. The summed E-state index contributed by atoms with van der Waals surface area (Å²) in [5.41, 5.74) is 4.69. The highest BCUT2D eigenvalue weighted by molar-refractivity contribution is 5.84. The first-order valence-corrected chi connectivity index (χ1v) is 4.09. The van der Waals surface area contributed by atoms with Crippen molar-refractivity contribution in [1.29, 1.82) is 0 Å². The third-order valence-electron chi connectivity index (χ3n) is 1.43. The molecule has 4 N–H and O–H groups in total. The maximum Gasteiger partial charge on any atom is 0.239 e. The van der Waals surface area contributed by atoms with Gasteiger partial charge in [-0.15, -0.1) is 0 Å². The Bertz CT molecular complexity index is 150. The number of carbonyl (C=O) groups excluding carboxylic acids is 1. The summed E-state index contributed by atoms with van der Waals surface area (Å²) in [7, 11) is 0. The van der Waals surface area contributed by atoms with Gasteiger partial charge in [0.15, 0.2) is 0 Å². The SMILES string of the molecule is C[C@H](O)CCNC(=O)C(C)(C)N. The molecule has 0 unspecified atom stereocenters. The molecule has 0 aromatic carbocycles. The lowest BCUT2D eigenvalue weighted by Crippen LogP contribution is -2.49. The number of aliphatic hydroxyl groups excluding tert-OH is 1. The highest BCUT2D eigenvalue weighted by Gasteiger charge is 2.20. The smallest absolute Gasteiger partial charge is 0.239 e. The number of nitrogens with one attached hydrogen (secondary N) is 1. The fraction of sp³-hybridized carbons (Fsp3) is 0.875. The van der Waals surface area contributed by atoms with Crippen LogP contribution in [0.15, 0.2) is 0 Å². The molecule has 0 radical (unpaired) electrons. The third-order valence-corrected chi connectivity index (χ3v) is 1.43. The van der Waals surface area contributed by atoms with Crippen LogP contribution in [0, 0.1) is 0 Å². The van der Waals surface area contributed by atoms with E-state index >= 15 is 0 Å². The van der Waals surface area contributed by atoms with E-state index in [1.807, 2.05) is 0 Å². The number of rotatable bonds is 4. The van der Waals surface area contributed by atoms with E-state index in [-0.39, 0.29) is 12.0 Å². The average Bonchev–Trinajstić information content (AvgIpc) is 1.84. The highest BCUT2D eigenvalue weighted by atomic mass is 16.3. The van der Waals surface area contributed by atoms with Gasteiger partial charge >= 0.3 is 0 Å². The minimum absolute atomic E-state index is 0.192. The predicted octanol–water partition coefficient (Wildman–Crippen LogP) is -0.389. The Kier molecular flexibility index (Phi) is 4.20. The lowest BCUT2D eigenvalue weighted by Gasteiger charge is -2.17. The van der Waals surface area contributed by atoms with Crippen molar-refractivity contribution in [2.24, 2.45) is 5.73 Å². The van der Waals surface area contributed by atoms with Crippen LogP contribution in [0.4, 0.5) is 0 Å². The molecule has 0 aromatic heterocycles. The third kappa shape index (κ3) is 5.09. The van der Waals surface area contributed by atoms with Crippen LogP contribution in [0.5, 0.6) is 0 Å². The molecule has 1 atom stereocenters. The summed E-state index contributed by atoms with van der Waals surface area (Å²) < 4.78 is 0. The highest BCUT2D eigenvalue weighted by Crippen LogP contribution is 1.95. The number of nitrogens with two attached hydrogens (primary N) is 1. The Labute approximate surface area is 73.1 Å². The molecule has 0 aliphatic rings. The largest absolute Gasteiger partial charge is 0.393 e. The molecule has 0 aliphatic carbocycles. The Balaban J connectivity index is 3.59. The number of hydrogen-bond acceptors (Lipinski definition) is 3. The van der Waals surface area contributed by atoms with Gasteiger partial charge in [-0.2, -0.15) is 0 Å². The zero-order valence-corrected chi connectivity index (χ0v) is 7.92. The van der Waals surface area contributed by atoms with Gasteiger partial charge in [0.1, 0.15) is 0 Å². The molecule has 72 valence electrons. The van der Waals surface area contributed by atoms with Crippen molar-refractivity contribution in [2.45, 2.75) is 38.8 Å². The van der Waals surface area contributed by atoms with E-state index < -0.39 is 5.54 Å². The van der Waals surface area contributed by atoms with Gasteiger partial charge in [-0.25, -0.2) is 0 Å². The van der Waals surface area contributed by atoms with E-state index in [1.54, 1.807) is 20.8 Å². The molecular formula is C8H18N2O2. The molecule has 4 heteroatoms. The first-order valence-electron chi connectivity index (χ1n) is 4.09. The first kappa shape index (κ1) is 11.4. The summed E-state index contributed by atoms with van der Waals surface area (Å²) in [4.78, 5) is 11.1. The molecular weight excluding hydrogens is 156 g/mol. The van der Waals surface area contributed by atoms with Crippen LogP contribution < -0.4 is 11.1 Å². The zero-order chi connectivity index (χ0) is 9.78. The normalized spacial score (nSPS) is 14.1. The van der Waals surface area contributed by atoms with Gasteiger partial charge in [0.25, 0.3) is 0 Å². The summed E-state index contributed by atoms with van der Waals surface area (Å²) >= 11 is 0. The molecule has 0 saturated heterocycles. The zero-order valence-electron chi connectivity index (χ0n) is 7.92. The second kappa shape index (κ2) is 4.42. The van der Waals surface area contributed by atoms with Crippen molar-refractivity contribution in [3.05, 3.63) is 0 Å². The standard InChI is InChI=1S/C8H18N2O2/c1-6(11)4-5-10-7(12)8(2,3)9/h6,11H,4-5,9H2,1-3H3,(H,10,12)/t6-/m0/s1. The quantitative estimate of drug-likeness (QED) is 0.543. The minimum Gasteiger partial charge on any atom is -0.393 e. The van der Waals surface area contributed by atoms with Gasteiger partial charge in [-0.05, 0) is 27.2 Å². The second-order valence-corrected chi connectivity index (χ2v) is 3.62. The van der Waals surface area contributed by atoms with Crippen molar-refractivity contribution in [3.63, 3.8) is 0 Å². The van der Waals surface area contributed by atoms with Crippen molar-refractivity contribution >= 4 is 5.91 Å². The topological polar surface area (TPSA) is 75.3 Å². The van der Waals surface area contributed by atoms with E-state index in [1.165, 1.54) is 0 Å². The Morgan fingerprint density at radius 1 is 1.67 bits per heavy atom. The number of carbonyl (C=O) groups is 1. The first-order chi connectivity index (χ1) is 5.34. The van der Waals surface area contributed by atoms with Crippen LogP contribution in [0.3, 0.4) is 0 Å². The van der Waals surface area contributed by atoms with E-state index in [0.717, 1.165) is 0 Å². The van der Waals surface area contributed by atoms with Crippen molar-refractivity contribution < 1.29 is 9.90 Å². The van der Waals surface area contributed by atoms with Crippen LogP contribution in [0.1, 0.15) is 27.2 Å². The van der Waals surface area contributed by atoms with Gasteiger partial charge in [0.2, 0.25) is 5.91 Å². The Morgan fingerprint density at radius 2 is 2.17 bits per heavy atom. The molecule has 0 spiro atoms. The van der Waals surface area contributed by atoms with Crippen LogP contribution >= 0.6 is 0 Å². The molecule has 0 saturated carbocycles. The number of hydrogen-bond donors (Lipinski definition) is 3. The van der Waals surface area contributed by atoms with E-state index in [0.29, 0.717) is 13.0 Å². The summed E-state index contributed by atoms with van der Waals surface area (Å²) in [6.07, 6.45) is 0.174. The summed E-state index contributed by atoms with van der Waals surface area (Å²) in [5, 5.41) is 11.5. The molecule has 4 nitrogen and oxygen atoms in total. The Morgan fingerprint density at radius 3 is 2.50 bits per heavy atom. The van der Waals surface area contributed by atoms with Gasteiger partial charge in [-0.1, -0.05) is 0 Å². The van der Waals surface area contributed by atoms with E-state index in [4.69, 9.17) is 10.8 Å². The fourth-order valence-corrected chi connectivity index (χ4v) is 0.622. The van der Waals surface area contributed by atoms with Gasteiger partial charge in [0.05, 0.1) is 11.6 Å². The lowest BCUT2D eigenvalue weighted by atomic mass is 10.1. The van der Waals surface area contributed by atoms with Gasteiger partial charge in [0, 0.05) is 6.54 Å². The maximum absolute atomic E-state index is 11.1. The summed E-state index contributed by atoms with van der Waals surface area (Å²) in [6.45, 7) is 5.44. The maximum atomic E-state index is 11.1. The van der Waals surface area contributed by atoms with Crippen molar-refractivity contribution in [2.75, 3.05) is 6.54 Å². The lowest BCUT2D eigenvalue weighted by molar-refractivity contribution is -0.125. The van der Waals surface area contributed by atoms with Crippen LogP contribution in [-0.4, -0.2) is 29.2 Å². The monoisotopic (exact) mass is 174 g/mol. The summed E-state index contributed by atoms with van der Waals surface area (Å²) in [6, 6.07) is 0. The number of aliphatic hydroxyl groups is 1. The molecule has 0 aliphatic heterocycles. The van der Waals surface area contributed by atoms with Crippen LogP contribution in [-0.2, 0) is 4.79 Å². The molecule has 0 aromatic rings. The summed E-state index contributed by atoms with van der Waals surface area (Å²) in [5.74, 6) is -0.192. The Hall–Kier alpha value is -0.610. The molecule has 0 bridgehead atoms. The van der Waals surface area contributed by atoms with Gasteiger partial charge in [-0.3, -0.25) is 4.79 Å². The minimum atomic E-state index is -0.835. The predicted molar refractivity (Wildman–Crippen MR) is 47.6 cm³/mol. The van der Waals surface area contributed by atoms with E-state index in [9.17, 15) is 4.79 Å². The molecule has 12 heavy (non-hydrogen) atoms. The molecule has 0 heterocycles. The number of amides is 1. The second-order valence-electron chi connectivity index (χ2n) is 3.62. The van der Waals surface area contributed by atoms with Gasteiger partial charge < -0.3 is 16.2 Å². The molecule has 0 fully saturated rings. The van der Waals surface area contributed by atoms with Crippen LogP contribution in [0.25, 0.3) is 0 Å². The molecule has 0 rings (SSSR count). The van der Waals surface area contributed by atoms with E-state index in [2.05, 4.69) is 5.32 Å². The fourth-order valence-electron chi connectivity index (χ4n) is 0.622. The van der Waals surface area contributed by atoms with Crippen LogP contribution in [0.2, 0.25) is 0 Å². The molecule has 1 amide bonds.